The van der Waals surface area contributed by atoms with Crippen molar-refractivity contribution < 1.29 is 4.42 Å². The molecule has 0 saturated carbocycles. The van der Waals surface area contributed by atoms with E-state index in [4.69, 9.17) is 4.42 Å². The lowest BCUT2D eigenvalue weighted by molar-refractivity contribution is 0.673. The molecule has 14 rings (SSSR count). The summed E-state index contributed by atoms with van der Waals surface area (Å²) in [6.07, 6.45) is 0. The highest BCUT2D eigenvalue weighted by Crippen LogP contribution is 2.46. The molecule has 0 aliphatic rings. The molecule has 3 nitrogen and oxygen atoms in total. The first kappa shape index (κ1) is 39.0. The van der Waals surface area contributed by atoms with Crippen LogP contribution in [0.1, 0.15) is 0 Å². The number of aromatic nitrogens is 1. The van der Waals surface area contributed by atoms with Gasteiger partial charge in [-0.2, -0.15) is 0 Å². The van der Waals surface area contributed by atoms with Crippen LogP contribution in [0.2, 0.25) is 0 Å². The molecule has 0 aliphatic carbocycles. The van der Waals surface area contributed by atoms with E-state index in [0.29, 0.717) is 0 Å². The van der Waals surface area contributed by atoms with Gasteiger partial charge in [0.25, 0.3) is 0 Å². The first-order chi connectivity index (χ1) is 34.2. The van der Waals surface area contributed by atoms with Gasteiger partial charge in [-0.15, -0.1) is 0 Å². The van der Waals surface area contributed by atoms with Crippen molar-refractivity contribution in [2.45, 2.75) is 0 Å². The molecule has 0 spiro atoms. The minimum absolute atomic E-state index is 0.858. The predicted octanol–water partition coefficient (Wildman–Crippen LogP) is 18.6. The minimum Gasteiger partial charge on any atom is -0.453 e. The van der Waals surface area contributed by atoms with Gasteiger partial charge < -0.3 is 13.9 Å². The Hall–Kier alpha value is -9.18. The fourth-order valence-corrected chi connectivity index (χ4v) is 10.9. The zero-order chi connectivity index (χ0) is 45.4. The smallest absolute Gasteiger partial charge is 0.159 e. The fourth-order valence-electron chi connectivity index (χ4n) is 10.9. The van der Waals surface area contributed by atoms with E-state index in [-0.39, 0.29) is 0 Å². The van der Waals surface area contributed by atoms with Crippen LogP contribution in [-0.4, -0.2) is 4.57 Å². The summed E-state index contributed by atoms with van der Waals surface area (Å²) in [4.78, 5) is 2.36. The van der Waals surface area contributed by atoms with Gasteiger partial charge in [0.2, 0.25) is 0 Å². The van der Waals surface area contributed by atoms with Gasteiger partial charge in [-0.1, -0.05) is 182 Å². The zero-order valence-electron chi connectivity index (χ0n) is 37.6. The van der Waals surface area contributed by atoms with Crippen LogP contribution in [0.4, 0.5) is 17.1 Å². The van der Waals surface area contributed by atoms with Crippen LogP contribution in [0.3, 0.4) is 0 Å². The molecule has 2 aromatic heterocycles. The molecule has 0 radical (unpaired) electrons. The fraction of sp³-hybridized carbons (Fsp3) is 0. The van der Waals surface area contributed by atoms with Crippen LogP contribution in [-0.2, 0) is 0 Å². The molecule has 0 N–H and O–H groups in total. The van der Waals surface area contributed by atoms with Crippen LogP contribution in [0.15, 0.2) is 259 Å². The SMILES string of the molecule is c1ccc(-c2ccccc2-c2ccc(N(c3ccc4c(ccc5cc(-c6ccc7c(c6)c6ccccc6n7-c6ccccc6)ccc54)c3)c3cccc4c3oc3c5ccccc5ccc43)cc2)cc1. The maximum atomic E-state index is 6.99. The van der Waals surface area contributed by atoms with Gasteiger partial charge in [0.15, 0.2) is 5.58 Å². The van der Waals surface area contributed by atoms with Crippen molar-refractivity contribution >= 4 is 93.1 Å². The molecule has 0 fully saturated rings. The Kier molecular flexibility index (Phi) is 8.90. The summed E-state index contributed by atoms with van der Waals surface area (Å²) in [5, 5.41) is 11.8. The van der Waals surface area contributed by atoms with Crippen molar-refractivity contribution in [2.75, 3.05) is 4.90 Å². The maximum Gasteiger partial charge on any atom is 0.159 e. The Balaban J connectivity index is 0.890. The lowest BCUT2D eigenvalue weighted by Gasteiger charge is -2.26. The standard InChI is InChI=1S/C66H42N2O/c1-3-14-43(15-4-1)53-19-9-10-20-54(53)45-28-33-51(34-29-45)67(64-25-13-23-59-60-37-30-44-16-7-8-21-57(44)65(60)69-66(59)64)52-35-38-56-49(41-52)27-26-48-40-46(31-36-55(48)56)47-32-39-63-61(42-47)58-22-11-12-24-62(58)68(63)50-17-5-2-6-18-50/h1-42H. The Morgan fingerprint density at radius 3 is 1.65 bits per heavy atom. The van der Waals surface area contributed by atoms with Crippen molar-refractivity contribution in [1.29, 1.82) is 0 Å². The van der Waals surface area contributed by atoms with Gasteiger partial charge in [0.1, 0.15) is 5.58 Å². The number of furan rings is 1. The molecule has 0 aliphatic heterocycles. The zero-order valence-corrected chi connectivity index (χ0v) is 37.6. The van der Waals surface area contributed by atoms with Gasteiger partial charge in [-0.05, 0) is 133 Å². The van der Waals surface area contributed by atoms with Crippen LogP contribution < -0.4 is 4.90 Å². The molecule has 0 atom stereocenters. The molecule has 3 heteroatoms. The van der Waals surface area contributed by atoms with E-state index in [9.17, 15) is 0 Å². The number of rotatable bonds is 7. The summed E-state index contributed by atoms with van der Waals surface area (Å²) < 4.78 is 9.37. The molecular weight excluding hydrogens is 837 g/mol. The lowest BCUT2D eigenvalue weighted by atomic mass is 9.94. The first-order valence-corrected chi connectivity index (χ1v) is 23.7. The van der Waals surface area contributed by atoms with E-state index < -0.39 is 0 Å². The Labute approximate surface area is 399 Å². The first-order valence-electron chi connectivity index (χ1n) is 23.7. The summed E-state index contributed by atoms with van der Waals surface area (Å²) in [5.41, 5.74) is 15.6. The van der Waals surface area contributed by atoms with Crippen molar-refractivity contribution in [1.82, 2.24) is 4.57 Å². The van der Waals surface area contributed by atoms with Gasteiger partial charge in [-0.3, -0.25) is 0 Å². The highest BCUT2D eigenvalue weighted by Gasteiger charge is 2.22. The topological polar surface area (TPSA) is 21.3 Å². The average Bonchev–Trinajstić information content (AvgIpc) is 3.98. The minimum atomic E-state index is 0.858. The van der Waals surface area contributed by atoms with E-state index in [1.165, 1.54) is 76.9 Å². The molecule has 69 heavy (non-hydrogen) atoms. The van der Waals surface area contributed by atoms with Crippen LogP contribution in [0.25, 0.3) is 115 Å². The van der Waals surface area contributed by atoms with Crippen LogP contribution in [0, 0.1) is 0 Å². The van der Waals surface area contributed by atoms with E-state index in [2.05, 4.69) is 264 Å². The molecule has 0 bridgehead atoms. The van der Waals surface area contributed by atoms with Gasteiger partial charge in [-0.25, -0.2) is 0 Å². The summed E-state index contributed by atoms with van der Waals surface area (Å²) in [6.45, 7) is 0. The van der Waals surface area contributed by atoms with Gasteiger partial charge in [0, 0.05) is 44.0 Å². The second kappa shape index (κ2) is 15.7. The van der Waals surface area contributed by atoms with E-state index >= 15 is 0 Å². The summed E-state index contributed by atoms with van der Waals surface area (Å²) in [7, 11) is 0. The predicted molar refractivity (Wildman–Crippen MR) is 292 cm³/mol. The second-order valence-electron chi connectivity index (χ2n) is 18.0. The number of para-hydroxylation sites is 3. The molecule has 0 unspecified atom stereocenters. The maximum absolute atomic E-state index is 6.99. The van der Waals surface area contributed by atoms with Crippen LogP contribution in [0.5, 0.6) is 0 Å². The van der Waals surface area contributed by atoms with Crippen molar-refractivity contribution in [3.05, 3.63) is 255 Å². The van der Waals surface area contributed by atoms with Gasteiger partial charge in [0.05, 0.1) is 16.7 Å². The molecule has 12 aromatic carbocycles. The highest BCUT2D eigenvalue weighted by atomic mass is 16.3. The molecule has 0 amide bonds. The Bertz CT molecular complexity index is 4300. The number of hydrogen-bond donors (Lipinski definition) is 0. The highest BCUT2D eigenvalue weighted by molar-refractivity contribution is 6.18. The normalized spacial score (nSPS) is 11.8. The average molecular weight is 879 g/mol. The third kappa shape index (κ3) is 6.36. The van der Waals surface area contributed by atoms with E-state index in [1.807, 2.05) is 0 Å². The van der Waals surface area contributed by atoms with E-state index in [0.717, 1.165) is 55.3 Å². The summed E-state index contributed by atoms with van der Waals surface area (Å²) in [6, 6.07) is 92.4. The molecule has 0 saturated heterocycles. The molecule has 2 heterocycles. The van der Waals surface area contributed by atoms with Crippen LogP contribution >= 0.6 is 0 Å². The Morgan fingerprint density at radius 2 is 0.841 bits per heavy atom. The summed E-state index contributed by atoms with van der Waals surface area (Å²) in [5.74, 6) is 0. The third-order valence-electron chi connectivity index (χ3n) is 14.2. The molecule has 322 valence electrons. The largest absolute Gasteiger partial charge is 0.453 e. The number of fused-ring (bicyclic) bond motifs is 11. The monoisotopic (exact) mass is 878 g/mol. The summed E-state index contributed by atoms with van der Waals surface area (Å²) >= 11 is 0. The van der Waals surface area contributed by atoms with Gasteiger partial charge >= 0.3 is 0 Å². The number of hydrogen-bond acceptors (Lipinski definition) is 2. The number of benzene rings is 12. The third-order valence-corrected chi connectivity index (χ3v) is 14.2. The molecular formula is C66H42N2O. The number of anilines is 3. The molecule has 14 aromatic rings. The quantitative estimate of drug-likeness (QED) is 0.149. The van der Waals surface area contributed by atoms with Crippen molar-refractivity contribution in [2.24, 2.45) is 0 Å². The lowest BCUT2D eigenvalue weighted by Crippen LogP contribution is -2.10. The Morgan fingerprint density at radius 1 is 0.290 bits per heavy atom. The van der Waals surface area contributed by atoms with E-state index in [1.54, 1.807) is 0 Å². The van der Waals surface area contributed by atoms with Crippen molar-refractivity contribution in [3.8, 4) is 39.1 Å². The number of nitrogens with zero attached hydrogens (tertiary/aromatic N) is 2. The second-order valence-corrected chi connectivity index (χ2v) is 18.0. The van der Waals surface area contributed by atoms with Crippen molar-refractivity contribution in [3.63, 3.8) is 0 Å².